The molecule has 0 unspecified atom stereocenters. The van der Waals surface area contributed by atoms with Crippen molar-refractivity contribution in [1.29, 1.82) is 0 Å². The Morgan fingerprint density at radius 3 is 2.80 bits per heavy atom. The number of benzene rings is 1. The van der Waals surface area contributed by atoms with Crippen LogP contribution in [-0.4, -0.2) is 19.4 Å². The Labute approximate surface area is 89.2 Å². The zero-order valence-electron chi connectivity index (χ0n) is 8.83. The van der Waals surface area contributed by atoms with E-state index in [-0.39, 0.29) is 12.3 Å². The summed E-state index contributed by atoms with van der Waals surface area (Å²) < 4.78 is 5.12. The zero-order valence-corrected chi connectivity index (χ0v) is 8.83. The molecular weight excluding hydrogens is 190 g/mol. The van der Waals surface area contributed by atoms with Gasteiger partial charge in [-0.3, -0.25) is 4.79 Å². The number of ketones is 1. The van der Waals surface area contributed by atoms with E-state index in [0.717, 1.165) is 0 Å². The van der Waals surface area contributed by atoms with Crippen LogP contribution in [0.5, 0.6) is 5.75 Å². The van der Waals surface area contributed by atoms with Crippen LogP contribution in [0.4, 0.5) is 0 Å². The number of carbonyl (C=O) groups excluding carboxylic acids is 1. The lowest BCUT2D eigenvalue weighted by molar-refractivity contribution is 0.101. The minimum atomic E-state index is 0.00783. The minimum absolute atomic E-state index is 0.00783. The first kappa shape index (κ1) is 11.3. The predicted octanol–water partition coefficient (Wildman–Crippen LogP) is 1.21. The lowest BCUT2D eigenvalue weighted by atomic mass is 10.1. The van der Waals surface area contributed by atoms with Gasteiger partial charge in [-0.1, -0.05) is 11.8 Å². The molecule has 0 radical (unpaired) electrons. The summed E-state index contributed by atoms with van der Waals surface area (Å²) in [7, 11) is 1.57. The van der Waals surface area contributed by atoms with Gasteiger partial charge in [0.2, 0.25) is 0 Å². The van der Waals surface area contributed by atoms with Gasteiger partial charge in [0.1, 0.15) is 5.75 Å². The average molecular weight is 203 g/mol. The lowest BCUT2D eigenvalue weighted by Gasteiger charge is -2.04. The number of Topliss-reactive ketones (excluding diaryl/α,β-unsaturated/α-hetero) is 1. The molecule has 0 aliphatic heterocycles. The zero-order chi connectivity index (χ0) is 11.3. The van der Waals surface area contributed by atoms with Crippen LogP contribution in [0.3, 0.4) is 0 Å². The van der Waals surface area contributed by atoms with Gasteiger partial charge >= 0.3 is 0 Å². The largest absolute Gasteiger partial charge is 0.495 e. The second-order valence-electron chi connectivity index (χ2n) is 2.98. The maximum absolute atomic E-state index is 11.2. The fourth-order valence-electron chi connectivity index (χ4n) is 1.17. The number of hydrogen-bond donors (Lipinski definition) is 1. The van der Waals surface area contributed by atoms with Crippen LogP contribution in [-0.2, 0) is 0 Å². The van der Waals surface area contributed by atoms with Crippen LogP contribution in [0.2, 0.25) is 0 Å². The van der Waals surface area contributed by atoms with Crippen LogP contribution < -0.4 is 10.5 Å². The third-order valence-corrected chi connectivity index (χ3v) is 1.93. The summed E-state index contributed by atoms with van der Waals surface area (Å²) in [6.45, 7) is 1.80. The van der Waals surface area contributed by atoms with Crippen molar-refractivity contribution in [3.8, 4) is 17.6 Å². The fraction of sp³-hybridized carbons (Fsp3) is 0.250. The second kappa shape index (κ2) is 5.18. The van der Waals surface area contributed by atoms with Crippen molar-refractivity contribution < 1.29 is 9.53 Å². The van der Waals surface area contributed by atoms with E-state index in [1.165, 1.54) is 6.92 Å². The summed E-state index contributed by atoms with van der Waals surface area (Å²) in [6, 6.07) is 5.16. The summed E-state index contributed by atoms with van der Waals surface area (Å²) in [4.78, 5) is 11.2. The monoisotopic (exact) mass is 203 g/mol. The molecule has 1 rings (SSSR count). The summed E-state index contributed by atoms with van der Waals surface area (Å²) >= 11 is 0. The van der Waals surface area contributed by atoms with E-state index in [1.54, 1.807) is 25.3 Å². The molecule has 1 aromatic carbocycles. The van der Waals surface area contributed by atoms with E-state index >= 15 is 0 Å². The van der Waals surface area contributed by atoms with Crippen molar-refractivity contribution in [3.05, 3.63) is 29.3 Å². The van der Waals surface area contributed by atoms with Crippen molar-refractivity contribution in [2.24, 2.45) is 5.73 Å². The Kier molecular flexibility index (Phi) is 3.90. The summed E-state index contributed by atoms with van der Waals surface area (Å²) in [6.07, 6.45) is 0. The smallest absolute Gasteiger partial charge is 0.159 e. The molecule has 3 heteroatoms. The van der Waals surface area contributed by atoms with E-state index in [9.17, 15) is 4.79 Å². The number of ether oxygens (including phenoxy) is 1. The van der Waals surface area contributed by atoms with E-state index < -0.39 is 0 Å². The van der Waals surface area contributed by atoms with Gasteiger partial charge in [0.05, 0.1) is 19.2 Å². The van der Waals surface area contributed by atoms with Crippen molar-refractivity contribution in [2.45, 2.75) is 6.92 Å². The first-order chi connectivity index (χ1) is 7.19. The average Bonchev–Trinajstić information content (AvgIpc) is 2.25. The first-order valence-electron chi connectivity index (χ1n) is 4.57. The molecule has 1 aromatic rings. The maximum atomic E-state index is 11.2. The molecule has 15 heavy (non-hydrogen) atoms. The summed E-state index contributed by atoms with van der Waals surface area (Å²) in [5.74, 6) is 6.26. The number of carbonyl (C=O) groups is 1. The molecule has 3 nitrogen and oxygen atoms in total. The molecule has 0 heterocycles. The summed E-state index contributed by atoms with van der Waals surface area (Å²) in [5, 5.41) is 0. The molecule has 0 bridgehead atoms. The van der Waals surface area contributed by atoms with Gasteiger partial charge in [0, 0.05) is 5.56 Å². The van der Waals surface area contributed by atoms with Crippen LogP contribution in [0.25, 0.3) is 0 Å². The molecule has 0 atom stereocenters. The summed E-state index contributed by atoms with van der Waals surface area (Å²) in [5.41, 5.74) is 6.60. The van der Waals surface area contributed by atoms with Crippen molar-refractivity contribution in [2.75, 3.05) is 13.7 Å². The highest BCUT2D eigenvalue weighted by molar-refractivity contribution is 5.94. The van der Waals surface area contributed by atoms with Crippen LogP contribution in [0, 0.1) is 11.8 Å². The lowest BCUT2D eigenvalue weighted by Crippen LogP contribution is -1.97. The molecule has 0 aromatic heterocycles. The predicted molar refractivity (Wildman–Crippen MR) is 58.9 cm³/mol. The van der Waals surface area contributed by atoms with Gasteiger partial charge in [-0.15, -0.1) is 0 Å². The van der Waals surface area contributed by atoms with Gasteiger partial charge in [-0.05, 0) is 25.1 Å². The van der Waals surface area contributed by atoms with Crippen molar-refractivity contribution in [3.63, 3.8) is 0 Å². The SMILES string of the molecule is COc1ccc(C(C)=O)cc1C#CCN. The van der Waals surface area contributed by atoms with Crippen LogP contribution >= 0.6 is 0 Å². The van der Waals surface area contributed by atoms with Crippen LogP contribution in [0.1, 0.15) is 22.8 Å². The van der Waals surface area contributed by atoms with Crippen LogP contribution in [0.15, 0.2) is 18.2 Å². The first-order valence-corrected chi connectivity index (χ1v) is 4.57. The highest BCUT2D eigenvalue weighted by Crippen LogP contribution is 2.18. The molecule has 0 aliphatic carbocycles. The van der Waals surface area contributed by atoms with Crippen molar-refractivity contribution >= 4 is 5.78 Å². The quantitative estimate of drug-likeness (QED) is 0.580. The Hall–Kier alpha value is -1.79. The standard InChI is InChI=1S/C12H13NO2/c1-9(14)10-5-6-12(15-2)11(8-10)4-3-7-13/h5-6,8H,7,13H2,1-2H3. The Morgan fingerprint density at radius 2 is 2.27 bits per heavy atom. The highest BCUT2D eigenvalue weighted by Gasteiger charge is 2.04. The molecule has 2 N–H and O–H groups in total. The normalized spacial score (nSPS) is 9.00. The second-order valence-corrected chi connectivity index (χ2v) is 2.98. The topological polar surface area (TPSA) is 52.3 Å². The van der Waals surface area contributed by atoms with Crippen molar-refractivity contribution in [1.82, 2.24) is 0 Å². The van der Waals surface area contributed by atoms with E-state index in [2.05, 4.69) is 11.8 Å². The number of hydrogen-bond acceptors (Lipinski definition) is 3. The molecule has 0 spiro atoms. The molecule has 0 saturated carbocycles. The van der Waals surface area contributed by atoms with Gasteiger partial charge in [-0.25, -0.2) is 0 Å². The van der Waals surface area contributed by atoms with Gasteiger partial charge in [0.25, 0.3) is 0 Å². The van der Waals surface area contributed by atoms with E-state index in [4.69, 9.17) is 10.5 Å². The molecule has 0 amide bonds. The Morgan fingerprint density at radius 1 is 1.53 bits per heavy atom. The highest BCUT2D eigenvalue weighted by atomic mass is 16.5. The van der Waals surface area contributed by atoms with E-state index in [0.29, 0.717) is 16.9 Å². The molecule has 78 valence electrons. The van der Waals surface area contributed by atoms with Gasteiger partial charge in [0.15, 0.2) is 5.78 Å². The van der Waals surface area contributed by atoms with E-state index in [1.807, 2.05) is 0 Å². The Bertz CT molecular complexity index is 427. The number of nitrogens with two attached hydrogens (primary N) is 1. The minimum Gasteiger partial charge on any atom is -0.495 e. The van der Waals surface area contributed by atoms with Gasteiger partial charge < -0.3 is 10.5 Å². The molecule has 0 saturated heterocycles. The Balaban J connectivity index is 3.19. The number of rotatable bonds is 2. The molecular formula is C12H13NO2. The third kappa shape index (κ3) is 2.83. The molecule has 0 aliphatic rings. The molecule has 0 fully saturated rings. The number of methoxy groups -OCH3 is 1. The third-order valence-electron chi connectivity index (χ3n) is 1.93. The van der Waals surface area contributed by atoms with Gasteiger partial charge in [-0.2, -0.15) is 0 Å². The maximum Gasteiger partial charge on any atom is 0.159 e. The fourth-order valence-corrected chi connectivity index (χ4v) is 1.17.